The lowest BCUT2D eigenvalue weighted by molar-refractivity contribution is -0.139. The van der Waals surface area contributed by atoms with Crippen LogP contribution < -0.4 is 10.5 Å². The van der Waals surface area contributed by atoms with Crippen LogP contribution in [0, 0.1) is 5.92 Å². The molecule has 1 fully saturated rings. The van der Waals surface area contributed by atoms with Crippen LogP contribution in [0.15, 0.2) is 36.4 Å². The van der Waals surface area contributed by atoms with E-state index in [0.717, 1.165) is 21.8 Å². The van der Waals surface area contributed by atoms with E-state index in [2.05, 4.69) is 11.5 Å². The maximum atomic E-state index is 12.2. The first-order valence-electron chi connectivity index (χ1n) is 10.2. The number of carbonyl (C=O) groups is 2. The fourth-order valence-corrected chi connectivity index (χ4v) is 4.84. The third-order valence-electron chi connectivity index (χ3n) is 6.17. The maximum absolute atomic E-state index is 12.2. The minimum Gasteiger partial charge on any atom is -0.481 e. The van der Waals surface area contributed by atoms with Gasteiger partial charge in [0.1, 0.15) is 5.75 Å². The van der Waals surface area contributed by atoms with Gasteiger partial charge in [-0.3, -0.25) is 4.79 Å². The number of hydrogen-bond acceptors (Lipinski definition) is 3. The standard InChI is InChI=1S/C23H26N2O4/c1-14(15-7-3-2-4-8-15)25-17-10-5-9-16(23(24)28)21(17)22-18(25)11-6-12-19(22)29-13-20(26)27/h5-6,9-12,14-15H,2-4,7-8,13H2,1H3,(H2,24,28)(H,26,27). The van der Waals surface area contributed by atoms with Gasteiger partial charge in [0, 0.05) is 17.0 Å². The van der Waals surface area contributed by atoms with Gasteiger partial charge in [0.2, 0.25) is 5.91 Å². The van der Waals surface area contributed by atoms with Crippen molar-refractivity contribution < 1.29 is 19.4 Å². The molecule has 3 N–H and O–H groups in total. The van der Waals surface area contributed by atoms with E-state index in [9.17, 15) is 9.59 Å². The molecule has 0 aliphatic heterocycles. The highest BCUT2D eigenvalue weighted by Gasteiger charge is 2.27. The van der Waals surface area contributed by atoms with Crippen LogP contribution in [0.1, 0.15) is 55.4 Å². The smallest absolute Gasteiger partial charge is 0.341 e. The zero-order chi connectivity index (χ0) is 20.5. The Balaban J connectivity index is 1.99. The summed E-state index contributed by atoms with van der Waals surface area (Å²) in [5.74, 6) is -0.536. The lowest BCUT2D eigenvalue weighted by atomic mass is 9.84. The maximum Gasteiger partial charge on any atom is 0.341 e. The van der Waals surface area contributed by atoms with Crippen molar-refractivity contribution in [3.8, 4) is 5.75 Å². The Hall–Kier alpha value is -3.02. The minimum atomic E-state index is -1.04. The molecular formula is C23H26N2O4. The average Bonchev–Trinajstić information content (AvgIpc) is 3.07. The number of rotatable bonds is 6. The molecule has 6 nitrogen and oxygen atoms in total. The van der Waals surface area contributed by atoms with Crippen molar-refractivity contribution in [1.82, 2.24) is 4.57 Å². The molecule has 1 atom stereocenters. The van der Waals surface area contributed by atoms with Crippen LogP contribution in [-0.4, -0.2) is 28.2 Å². The van der Waals surface area contributed by atoms with E-state index < -0.39 is 18.5 Å². The number of fused-ring (bicyclic) bond motifs is 3. The summed E-state index contributed by atoms with van der Waals surface area (Å²) in [6.07, 6.45) is 6.15. The number of benzene rings is 2. The van der Waals surface area contributed by atoms with Crippen LogP contribution in [0.25, 0.3) is 21.8 Å². The molecule has 1 aliphatic carbocycles. The number of primary amides is 1. The van der Waals surface area contributed by atoms with Gasteiger partial charge in [0.05, 0.1) is 16.4 Å². The predicted octanol–water partition coefficient (Wildman–Crippen LogP) is 4.50. The van der Waals surface area contributed by atoms with Crippen molar-refractivity contribution in [3.05, 3.63) is 42.0 Å². The van der Waals surface area contributed by atoms with Crippen molar-refractivity contribution in [2.75, 3.05) is 6.61 Å². The molecule has 1 heterocycles. The van der Waals surface area contributed by atoms with E-state index in [1.165, 1.54) is 32.1 Å². The number of carbonyl (C=O) groups excluding carboxylic acids is 1. The third-order valence-corrected chi connectivity index (χ3v) is 6.17. The lowest BCUT2D eigenvalue weighted by Gasteiger charge is -2.30. The van der Waals surface area contributed by atoms with Gasteiger partial charge < -0.3 is 20.1 Å². The summed E-state index contributed by atoms with van der Waals surface area (Å²) >= 11 is 0. The Bertz CT molecular complexity index is 1080. The number of amides is 1. The Morgan fingerprint density at radius 2 is 1.76 bits per heavy atom. The van der Waals surface area contributed by atoms with E-state index in [4.69, 9.17) is 15.6 Å². The number of aliphatic carboxylic acids is 1. The normalized spacial score (nSPS) is 16.2. The van der Waals surface area contributed by atoms with E-state index in [1.54, 1.807) is 12.1 Å². The summed E-state index contributed by atoms with van der Waals surface area (Å²) in [5.41, 5.74) is 7.98. The largest absolute Gasteiger partial charge is 0.481 e. The molecule has 152 valence electrons. The quantitative estimate of drug-likeness (QED) is 0.644. The Labute approximate surface area is 169 Å². The van der Waals surface area contributed by atoms with Crippen molar-refractivity contribution in [2.45, 2.75) is 45.1 Å². The molecule has 1 amide bonds. The summed E-state index contributed by atoms with van der Waals surface area (Å²) in [6.45, 7) is 1.79. The van der Waals surface area contributed by atoms with Crippen LogP contribution in [-0.2, 0) is 4.79 Å². The topological polar surface area (TPSA) is 94.6 Å². The highest BCUT2D eigenvalue weighted by molar-refractivity contribution is 6.19. The Morgan fingerprint density at radius 1 is 1.10 bits per heavy atom. The second kappa shape index (κ2) is 7.78. The first-order chi connectivity index (χ1) is 14.0. The molecular weight excluding hydrogens is 368 g/mol. The summed E-state index contributed by atoms with van der Waals surface area (Å²) in [6, 6.07) is 11.4. The number of hydrogen-bond donors (Lipinski definition) is 2. The van der Waals surface area contributed by atoms with Crippen LogP contribution in [0.2, 0.25) is 0 Å². The second-order valence-electron chi connectivity index (χ2n) is 7.91. The monoisotopic (exact) mass is 394 g/mol. The van der Waals surface area contributed by atoms with Gasteiger partial charge in [-0.25, -0.2) is 4.79 Å². The minimum absolute atomic E-state index is 0.244. The molecule has 0 spiro atoms. The van der Waals surface area contributed by atoms with Gasteiger partial charge in [0.25, 0.3) is 0 Å². The highest BCUT2D eigenvalue weighted by Crippen LogP contribution is 2.42. The van der Waals surface area contributed by atoms with Crippen LogP contribution in [0.4, 0.5) is 0 Å². The van der Waals surface area contributed by atoms with Gasteiger partial charge >= 0.3 is 5.97 Å². The molecule has 29 heavy (non-hydrogen) atoms. The number of carboxylic acid groups (broad SMARTS) is 1. The molecule has 6 heteroatoms. The number of carboxylic acids is 1. The van der Waals surface area contributed by atoms with Crippen molar-refractivity contribution in [2.24, 2.45) is 11.7 Å². The Kier molecular flexibility index (Phi) is 5.18. The van der Waals surface area contributed by atoms with Crippen LogP contribution in [0.3, 0.4) is 0 Å². The van der Waals surface area contributed by atoms with E-state index >= 15 is 0 Å². The third kappa shape index (κ3) is 3.43. The van der Waals surface area contributed by atoms with Crippen molar-refractivity contribution >= 4 is 33.7 Å². The lowest BCUT2D eigenvalue weighted by Crippen LogP contribution is -2.19. The number of ether oxygens (including phenoxy) is 1. The van der Waals surface area contributed by atoms with Crippen molar-refractivity contribution in [3.63, 3.8) is 0 Å². The van der Waals surface area contributed by atoms with E-state index in [-0.39, 0.29) is 6.04 Å². The molecule has 2 aromatic carbocycles. The fourth-order valence-electron chi connectivity index (χ4n) is 4.84. The second-order valence-corrected chi connectivity index (χ2v) is 7.91. The molecule has 3 aromatic rings. The SMILES string of the molecule is CC(C1CCCCC1)n1c2cccc(OCC(=O)O)c2c2c(C(N)=O)cccc21. The van der Waals surface area contributed by atoms with Crippen molar-refractivity contribution in [1.29, 1.82) is 0 Å². The van der Waals surface area contributed by atoms with Gasteiger partial charge in [0.15, 0.2) is 6.61 Å². The zero-order valence-corrected chi connectivity index (χ0v) is 16.6. The average molecular weight is 394 g/mol. The number of nitrogens with two attached hydrogens (primary N) is 1. The number of nitrogens with zero attached hydrogens (tertiary/aromatic N) is 1. The van der Waals surface area contributed by atoms with E-state index in [0.29, 0.717) is 17.2 Å². The molecule has 1 saturated carbocycles. The molecule has 1 aliphatic rings. The summed E-state index contributed by atoms with van der Waals surface area (Å²) in [4.78, 5) is 23.3. The molecule has 1 aromatic heterocycles. The zero-order valence-electron chi connectivity index (χ0n) is 16.6. The van der Waals surface area contributed by atoms with Gasteiger partial charge in [-0.2, -0.15) is 0 Å². The van der Waals surface area contributed by atoms with Crippen LogP contribution in [0.5, 0.6) is 5.75 Å². The molecule has 4 rings (SSSR count). The van der Waals surface area contributed by atoms with Gasteiger partial charge in [-0.15, -0.1) is 0 Å². The summed E-state index contributed by atoms with van der Waals surface area (Å²) in [7, 11) is 0. The van der Waals surface area contributed by atoms with E-state index in [1.807, 2.05) is 24.3 Å². The van der Waals surface area contributed by atoms with Gasteiger partial charge in [-0.05, 0) is 49.9 Å². The molecule has 0 saturated heterocycles. The highest BCUT2D eigenvalue weighted by atomic mass is 16.5. The summed E-state index contributed by atoms with van der Waals surface area (Å²) in [5, 5.41) is 10.5. The summed E-state index contributed by atoms with van der Waals surface area (Å²) < 4.78 is 7.88. The molecule has 1 unspecified atom stereocenters. The van der Waals surface area contributed by atoms with Gasteiger partial charge in [-0.1, -0.05) is 31.4 Å². The predicted molar refractivity (Wildman–Crippen MR) is 112 cm³/mol. The molecule has 0 bridgehead atoms. The fraction of sp³-hybridized carbons (Fsp3) is 0.391. The molecule has 0 radical (unpaired) electrons. The first-order valence-corrected chi connectivity index (χ1v) is 10.2. The van der Waals surface area contributed by atoms with Crippen LogP contribution >= 0.6 is 0 Å². The number of aromatic nitrogens is 1. The first kappa shape index (κ1) is 19.3. The Morgan fingerprint density at radius 3 is 2.41 bits per heavy atom.